The second-order valence-electron chi connectivity index (χ2n) is 3.51. The van der Waals surface area contributed by atoms with Crippen LogP contribution in [0.5, 0.6) is 0 Å². The maximum absolute atomic E-state index is 11.4. The average molecular weight is 186 g/mol. The molecule has 0 bridgehead atoms. The van der Waals surface area contributed by atoms with Gasteiger partial charge in [-0.3, -0.25) is 4.79 Å². The minimum absolute atomic E-state index is 0.0490. The molecule has 2 N–H and O–H groups in total. The number of amides is 1. The number of carbonyl (C=O) groups excluding carboxylic acids is 1. The molecule has 1 atom stereocenters. The highest BCUT2D eigenvalue weighted by molar-refractivity contribution is 5.76. The van der Waals surface area contributed by atoms with Crippen LogP contribution in [-0.2, 0) is 9.53 Å². The number of ether oxygens (including phenoxy) is 1. The fraction of sp³-hybridized carbons (Fsp3) is 0.889. The predicted octanol–water partition coefficient (Wildman–Crippen LogP) is -0.0274. The Labute approximate surface area is 79.0 Å². The maximum Gasteiger partial charge on any atom is 0.222 e. The zero-order valence-corrected chi connectivity index (χ0v) is 8.16. The Kier molecular flexibility index (Phi) is 4.18. The largest absolute Gasteiger partial charge is 0.383 e. The lowest BCUT2D eigenvalue weighted by Crippen LogP contribution is -2.45. The van der Waals surface area contributed by atoms with Gasteiger partial charge in [0, 0.05) is 32.7 Å². The summed E-state index contributed by atoms with van der Waals surface area (Å²) in [7, 11) is 1.62. The molecule has 0 aromatic rings. The molecule has 13 heavy (non-hydrogen) atoms. The molecule has 0 aliphatic carbocycles. The lowest BCUT2D eigenvalue weighted by Gasteiger charge is -2.28. The predicted molar refractivity (Wildman–Crippen MR) is 50.3 cm³/mol. The van der Waals surface area contributed by atoms with Crippen LogP contribution in [0.4, 0.5) is 0 Å². The zero-order valence-electron chi connectivity index (χ0n) is 8.16. The zero-order chi connectivity index (χ0) is 9.68. The minimum atomic E-state index is -0.0490. The van der Waals surface area contributed by atoms with Crippen LogP contribution in [0.1, 0.15) is 19.3 Å². The third-order valence-electron chi connectivity index (χ3n) is 2.26. The van der Waals surface area contributed by atoms with Crippen molar-refractivity contribution in [2.75, 3.05) is 26.8 Å². The Balaban J connectivity index is 2.29. The van der Waals surface area contributed by atoms with Crippen molar-refractivity contribution in [3.8, 4) is 0 Å². The van der Waals surface area contributed by atoms with Gasteiger partial charge in [0.25, 0.3) is 0 Å². The van der Waals surface area contributed by atoms with Crippen molar-refractivity contribution in [3.05, 3.63) is 0 Å². The van der Waals surface area contributed by atoms with Crippen molar-refractivity contribution >= 4 is 5.91 Å². The van der Waals surface area contributed by atoms with Crippen molar-refractivity contribution < 1.29 is 9.53 Å². The van der Waals surface area contributed by atoms with E-state index in [2.05, 4.69) is 0 Å². The number of hydrogen-bond donors (Lipinski definition) is 1. The highest BCUT2D eigenvalue weighted by Gasteiger charge is 2.19. The van der Waals surface area contributed by atoms with Crippen molar-refractivity contribution in [1.82, 2.24) is 4.90 Å². The molecule has 1 aliphatic heterocycles. The van der Waals surface area contributed by atoms with Gasteiger partial charge in [0.1, 0.15) is 0 Å². The molecule has 0 aromatic heterocycles. The molecule has 1 rings (SSSR count). The SMILES string of the molecule is COCC(N)CN1CCCCC1=O. The number of nitrogens with two attached hydrogens (primary N) is 1. The van der Waals surface area contributed by atoms with Gasteiger partial charge in [-0.1, -0.05) is 0 Å². The lowest BCUT2D eigenvalue weighted by atomic mass is 10.1. The van der Waals surface area contributed by atoms with E-state index in [0.717, 1.165) is 19.4 Å². The van der Waals surface area contributed by atoms with Crippen LogP contribution in [0.15, 0.2) is 0 Å². The summed E-state index contributed by atoms with van der Waals surface area (Å²) in [6, 6.07) is -0.0490. The van der Waals surface area contributed by atoms with E-state index in [1.165, 1.54) is 0 Å². The molecule has 1 saturated heterocycles. The van der Waals surface area contributed by atoms with Gasteiger partial charge in [0.15, 0.2) is 0 Å². The van der Waals surface area contributed by atoms with E-state index in [0.29, 0.717) is 19.6 Å². The van der Waals surface area contributed by atoms with Gasteiger partial charge >= 0.3 is 0 Å². The molecule has 1 unspecified atom stereocenters. The Hall–Kier alpha value is -0.610. The van der Waals surface area contributed by atoms with Gasteiger partial charge in [-0.2, -0.15) is 0 Å². The van der Waals surface area contributed by atoms with E-state index in [-0.39, 0.29) is 11.9 Å². The summed E-state index contributed by atoms with van der Waals surface area (Å²) < 4.78 is 4.92. The molecule has 0 spiro atoms. The molecule has 1 fully saturated rings. The first-order valence-electron chi connectivity index (χ1n) is 4.76. The summed E-state index contributed by atoms with van der Waals surface area (Å²) >= 11 is 0. The molecule has 0 aromatic carbocycles. The highest BCUT2D eigenvalue weighted by atomic mass is 16.5. The average Bonchev–Trinajstić information content (AvgIpc) is 2.09. The van der Waals surface area contributed by atoms with E-state index in [1.54, 1.807) is 7.11 Å². The van der Waals surface area contributed by atoms with E-state index in [9.17, 15) is 4.79 Å². The summed E-state index contributed by atoms with van der Waals surface area (Å²) in [5, 5.41) is 0. The maximum atomic E-state index is 11.4. The summed E-state index contributed by atoms with van der Waals surface area (Å²) in [5.41, 5.74) is 5.76. The number of hydrogen-bond acceptors (Lipinski definition) is 3. The molecule has 0 saturated carbocycles. The first-order valence-corrected chi connectivity index (χ1v) is 4.76. The number of carbonyl (C=O) groups is 1. The number of likely N-dealkylation sites (tertiary alicyclic amines) is 1. The van der Waals surface area contributed by atoms with Gasteiger partial charge in [-0.05, 0) is 12.8 Å². The Morgan fingerprint density at radius 2 is 2.38 bits per heavy atom. The summed E-state index contributed by atoms with van der Waals surface area (Å²) in [6.07, 6.45) is 2.81. The molecular formula is C9H18N2O2. The van der Waals surface area contributed by atoms with Crippen molar-refractivity contribution in [3.63, 3.8) is 0 Å². The highest BCUT2D eigenvalue weighted by Crippen LogP contribution is 2.10. The minimum Gasteiger partial charge on any atom is -0.383 e. The van der Waals surface area contributed by atoms with E-state index in [4.69, 9.17) is 10.5 Å². The van der Waals surface area contributed by atoms with Gasteiger partial charge < -0.3 is 15.4 Å². The second kappa shape index (κ2) is 5.19. The standard InChI is InChI=1S/C9H18N2O2/c1-13-7-8(10)6-11-5-3-2-4-9(11)12/h8H,2-7,10H2,1H3. The Morgan fingerprint density at radius 1 is 1.62 bits per heavy atom. The van der Waals surface area contributed by atoms with Gasteiger partial charge in [0.2, 0.25) is 5.91 Å². The summed E-state index contributed by atoms with van der Waals surface area (Å²) in [5.74, 6) is 0.234. The van der Waals surface area contributed by atoms with Gasteiger partial charge in [-0.15, -0.1) is 0 Å². The fourth-order valence-corrected chi connectivity index (χ4v) is 1.60. The molecule has 1 amide bonds. The van der Waals surface area contributed by atoms with E-state index < -0.39 is 0 Å². The lowest BCUT2D eigenvalue weighted by molar-refractivity contribution is -0.133. The summed E-state index contributed by atoms with van der Waals surface area (Å²) in [6.45, 7) is 2.01. The van der Waals surface area contributed by atoms with Crippen molar-refractivity contribution in [1.29, 1.82) is 0 Å². The van der Waals surface area contributed by atoms with Gasteiger partial charge in [0.05, 0.1) is 6.61 Å². The molecule has 76 valence electrons. The number of rotatable bonds is 4. The van der Waals surface area contributed by atoms with Crippen LogP contribution >= 0.6 is 0 Å². The Morgan fingerprint density at radius 3 is 3.00 bits per heavy atom. The quantitative estimate of drug-likeness (QED) is 0.671. The van der Waals surface area contributed by atoms with Crippen molar-refractivity contribution in [2.45, 2.75) is 25.3 Å². The molecule has 0 radical (unpaired) electrons. The third kappa shape index (κ3) is 3.32. The van der Waals surface area contributed by atoms with Crippen LogP contribution in [0.2, 0.25) is 0 Å². The van der Waals surface area contributed by atoms with Crippen LogP contribution in [0.25, 0.3) is 0 Å². The monoisotopic (exact) mass is 186 g/mol. The van der Waals surface area contributed by atoms with Crippen LogP contribution in [-0.4, -0.2) is 43.7 Å². The van der Waals surface area contributed by atoms with Crippen LogP contribution < -0.4 is 5.73 Å². The molecular weight excluding hydrogens is 168 g/mol. The number of methoxy groups -OCH3 is 1. The van der Waals surface area contributed by atoms with E-state index in [1.807, 2.05) is 4.90 Å². The second-order valence-corrected chi connectivity index (χ2v) is 3.51. The number of nitrogens with zero attached hydrogens (tertiary/aromatic N) is 1. The van der Waals surface area contributed by atoms with Crippen LogP contribution in [0, 0.1) is 0 Å². The third-order valence-corrected chi connectivity index (χ3v) is 2.26. The number of piperidine rings is 1. The van der Waals surface area contributed by atoms with Crippen LogP contribution in [0.3, 0.4) is 0 Å². The van der Waals surface area contributed by atoms with E-state index >= 15 is 0 Å². The smallest absolute Gasteiger partial charge is 0.222 e. The first kappa shape index (κ1) is 10.5. The summed E-state index contributed by atoms with van der Waals surface area (Å²) in [4.78, 5) is 13.2. The molecule has 1 aliphatic rings. The van der Waals surface area contributed by atoms with Crippen molar-refractivity contribution in [2.24, 2.45) is 5.73 Å². The Bertz CT molecular complexity index is 173. The normalized spacial score (nSPS) is 20.5. The molecule has 4 nitrogen and oxygen atoms in total. The van der Waals surface area contributed by atoms with Gasteiger partial charge in [-0.25, -0.2) is 0 Å². The molecule has 1 heterocycles. The fourth-order valence-electron chi connectivity index (χ4n) is 1.60. The molecule has 4 heteroatoms. The topological polar surface area (TPSA) is 55.6 Å². The first-order chi connectivity index (χ1) is 6.24.